The second-order valence-electron chi connectivity index (χ2n) is 3.94. The minimum absolute atomic E-state index is 0.126. The number of carbonyl (C=O) groups is 1. The molecule has 1 saturated heterocycles. The van der Waals surface area contributed by atoms with Crippen molar-refractivity contribution in [3.63, 3.8) is 0 Å². The third-order valence-corrected chi connectivity index (χ3v) is 2.93. The lowest BCUT2D eigenvalue weighted by Crippen LogP contribution is -2.39. The van der Waals surface area contributed by atoms with Gasteiger partial charge in [0.1, 0.15) is 5.82 Å². The van der Waals surface area contributed by atoms with Gasteiger partial charge in [-0.2, -0.15) is 0 Å². The first-order chi connectivity index (χ1) is 8.66. The Balaban J connectivity index is 1.88. The molecule has 1 N–H and O–H groups in total. The van der Waals surface area contributed by atoms with Crippen LogP contribution >= 0.6 is 12.6 Å². The lowest BCUT2D eigenvalue weighted by molar-refractivity contribution is -0.0855. The molecule has 1 atom stereocenters. The van der Waals surface area contributed by atoms with Crippen LogP contribution in [-0.4, -0.2) is 38.4 Å². The van der Waals surface area contributed by atoms with Crippen molar-refractivity contribution in [2.24, 2.45) is 0 Å². The van der Waals surface area contributed by atoms with Gasteiger partial charge < -0.3 is 14.8 Å². The molecule has 0 aromatic heterocycles. The average molecular weight is 271 g/mol. The lowest BCUT2D eigenvalue weighted by atomic mass is 10.2. The van der Waals surface area contributed by atoms with Crippen LogP contribution in [0.25, 0.3) is 0 Å². The van der Waals surface area contributed by atoms with Gasteiger partial charge in [-0.1, -0.05) is 0 Å². The molecule has 0 radical (unpaired) electrons. The fourth-order valence-corrected chi connectivity index (χ4v) is 1.83. The van der Waals surface area contributed by atoms with Crippen LogP contribution in [0.15, 0.2) is 23.1 Å². The minimum Gasteiger partial charge on any atom is -0.376 e. The van der Waals surface area contributed by atoms with E-state index in [1.54, 1.807) is 0 Å². The standard InChI is InChI=1S/C12H14FNO3S/c13-10-2-1-8(5-11(10)18)12(15)14-6-9-7-16-3-4-17-9/h1-2,5,9,18H,3-4,6-7H2,(H,14,15). The second-order valence-corrected chi connectivity index (χ2v) is 4.43. The van der Waals surface area contributed by atoms with Crippen molar-refractivity contribution in [1.29, 1.82) is 0 Å². The summed E-state index contributed by atoms with van der Waals surface area (Å²) < 4.78 is 23.6. The largest absolute Gasteiger partial charge is 0.376 e. The van der Waals surface area contributed by atoms with Gasteiger partial charge in [0.05, 0.1) is 25.9 Å². The van der Waals surface area contributed by atoms with Crippen LogP contribution in [0.2, 0.25) is 0 Å². The van der Waals surface area contributed by atoms with Gasteiger partial charge >= 0.3 is 0 Å². The maximum absolute atomic E-state index is 13.0. The predicted molar refractivity (Wildman–Crippen MR) is 66.5 cm³/mol. The number of rotatable bonds is 3. The SMILES string of the molecule is O=C(NCC1COCCO1)c1ccc(F)c(S)c1. The van der Waals surface area contributed by atoms with E-state index in [1.807, 2.05) is 0 Å². The highest BCUT2D eigenvalue weighted by Gasteiger charge is 2.16. The maximum atomic E-state index is 13.0. The van der Waals surface area contributed by atoms with Gasteiger partial charge in [-0.25, -0.2) is 4.39 Å². The molecule has 2 rings (SSSR count). The maximum Gasteiger partial charge on any atom is 0.251 e. The molecular weight excluding hydrogens is 257 g/mol. The summed E-state index contributed by atoms with van der Waals surface area (Å²) in [5.74, 6) is -0.724. The smallest absolute Gasteiger partial charge is 0.251 e. The summed E-state index contributed by atoms with van der Waals surface area (Å²) in [5, 5.41) is 2.72. The third kappa shape index (κ3) is 3.44. The number of hydrogen-bond acceptors (Lipinski definition) is 4. The first-order valence-electron chi connectivity index (χ1n) is 5.63. The Morgan fingerprint density at radius 2 is 2.33 bits per heavy atom. The van der Waals surface area contributed by atoms with Gasteiger partial charge in [0.15, 0.2) is 0 Å². The van der Waals surface area contributed by atoms with Gasteiger partial charge in [-0.3, -0.25) is 4.79 Å². The molecule has 1 fully saturated rings. The molecule has 98 valence electrons. The molecule has 0 bridgehead atoms. The molecule has 0 aliphatic carbocycles. The van der Waals surface area contributed by atoms with E-state index in [2.05, 4.69) is 17.9 Å². The highest BCUT2D eigenvalue weighted by molar-refractivity contribution is 7.80. The van der Waals surface area contributed by atoms with Gasteiger partial charge in [0.2, 0.25) is 0 Å². The zero-order chi connectivity index (χ0) is 13.0. The number of carbonyl (C=O) groups excluding carboxylic acids is 1. The number of hydrogen-bond donors (Lipinski definition) is 2. The number of halogens is 1. The van der Waals surface area contributed by atoms with Crippen LogP contribution in [0.4, 0.5) is 4.39 Å². The Morgan fingerprint density at radius 3 is 3.00 bits per heavy atom. The van der Waals surface area contributed by atoms with E-state index >= 15 is 0 Å². The molecule has 18 heavy (non-hydrogen) atoms. The Morgan fingerprint density at radius 1 is 1.50 bits per heavy atom. The summed E-state index contributed by atoms with van der Waals surface area (Å²) in [4.78, 5) is 11.9. The molecule has 1 aliphatic heterocycles. The molecular formula is C12H14FNO3S. The number of thiol groups is 1. The summed E-state index contributed by atoms with van der Waals surface area (Å²) in [6.45, 7) is 1.98. The van der Waals surface area contributed by atoms with Crippen LogP contribution in [0.5, 0.6) is 0 Å². The van der Waals surface area contributed by atoms with Crippen LogP contribution in [0.3, 0.4) is 0 Å². The van der Waals surface area contributed by atoms with E-state index in [-0.39, 0.29) is 16.9 Å². The van der Waals surface area contributed by atoms with E-state index in [4.69, 9.17) is 9.47 Å². The normalized spacial score (nSPS) is 19.6. The Hall–Kier alpha value is -1.11. The highest BCUT2D eigenvalue weighted by atomic mass is 32.1. The second kappa shape index (κ2) is 6.17. The number of amides is 1. The number of nitrogens with one attached hydrogen (secondary N) is 1. The van der Waals surface area contributed by atoms with Crippen molar-refractivity contribution < 1.29 is 18.7 Å². The van der Waals surface area contributed by atoms with Gasteiger partial charge in [0, 0.05) is 17.0 Å². The van der Waals surface area contributed by atoms with Crippen molar-refractivity contribution in [2.75, 3.05) is 26.4 Å². The summed E-state index contributed by atoms with van der Waals surface area (Å²) in [5.41, 5.74) is 0.373. The first kappa shape index (κ1) is 13.3. The van der Waals surface area contributed by atoms with Gasteiger partial charge in [-0.15, -0.1) is 12.6 Å². The zero-order valence-electron chi connectivity index (χ0n) is 9.69. The molecule has 1 aromatic carbocycles. The van der Waals surface area contributed by atoms with Crippen molar-refractivity contribution >= 4 is 18.5 Å². The predicted octanol–water partition coefficient (Wildman–Crippen LogP) is 1.26. The van der Waals surface area contributed by atoms with Crippen LogP contribution < -0.4 is 5.32 Å². The molecule has 1 unspecified atom stereocenters. The van der Waals surface area contributed by atoms with E-state index in [9.17, 15) is 9.18 Å². The summed E-state index contributed by atoms with van der Waals surface area (Å²) in [7, 11) is 0. The van der Waals surface area contributed by atoms with Crippen molar-refractivity contribution in [2.45, 2.75) is 11.0 Å². The van der Waals surface area contributed by atoms with Crippen molar-refractivity contribution in [3.05, 3.63) is 29.6 Å². The summed E-state index contributed by atoms with van der Waals surface area (Å²) in [6, 6.07) is 4.03. The average Bonchev–Trinajstić information content (AvgIpc) is 2.40. The Bertz CT molecular complexity index is 435. The molecule has 1 aliphatic rings. The molecule has 4 nitrogen and oxygen atoms in total. The summed E-state index contributed by atoms with van der Waals surface area (Å²) in [6.07, 6.45) is -0.126. The van der Waals surface area contributed by atoms with Gasteiger partial charge in [-0.05, 0) is 18.2 Å². The fourth-order valence-electron chi connectivity index (χ4n) is 1.62. The molecule has 6 heteroatoms. The van der Waals surface area contributed by atoms with Crippen molar-refractivity contribution in [1.82, 2.24) is 5.32 Å². The van der Waals surface area contributed by atoms with Crippen LogP contribution in [-0.2, 0) is 9.47 Å². The fraction of sp³-hybridized carbons (Fsp3) is 0.417. The van der Waals surface area contributed by atoms with Crippen molar-refractivity contribution in [3.8, 4) is 0 Å². The zero-order valence-corrected chi connectivity index (χ0v) is 10.6. The van der Waals surface area contributed by atoms with E-state index < -0.39 is 5.82 Å². The number of benzene rings is 1. The van der Waals surface area contributed by atoms with E-state index in [0.29, 0.717) is 31.9 Å². The van der Waals surface area contributed by atoms with Gasteiger partial charge in [0.25, 0.3) is 5.91 Å². The monoisotopic (exact) mass is 271 g/mol. The molecule has 1 heterocycles. The summed E-state index contributed by atoms with van der Waals surface area (Å²) >= 11 is 3.93. The molecule has 1 aromatic rings. The third-order valence-electron chi connectivity index (χ3n) is 2.58. The highest BCUT2D eigenvalue weighted by Crippen LogP contribution is 2.14. The lowest BCUT2D eigenvalue weighted by Gasteiger charge is -2.23. The topological polar surface area (TPSA) is 47.6 Å². The van der Waals surface area contributed by atoms with E-state index in [1.165, 1.54) is 18.2 Å². The molecule has 0 spiro atoms. The first-order valence-corrected chi connectivity index (χ1v) is 6.07. The number of ether oxygens (including phenoxy) is 2. The minimum atomic E-state index is -0.445. The molecule has 0 saturated carbocycles. The van der Waals surface area contributed by atoms with Crippen LogP contribution in [0.1, 0.15) is 10.4 Å². The van der Waals surface area contributed by atoms with E-state index in [0.717, 1.165) is 0 Å². The quantitative estimate of drug-likeness (QED) is 0.814. The molecule has 1 amide bonds. The van der Waals surface area contributed by atoms with Crippen LogP contribution in [0, 0.1) is 5.82 Å². The Labute approximate surface area is 110 Å². The Kier molecular flexibility index (Phi) is 4.57.